The highest BCUT2D eigenvalue weighted by atomic mass is 35.5. The van der Waals surface area contributed by atoms with E-state index in [0.29, 0.717) is 16.7 Å². The number of hydrogen-bond donors (Lipinski definition) is 1. The topological polar surface area (TPSA) is 71.3 Å². The number of amides is 1. The van der Waals surface area contributed by atoms with Gasteiger partial charge in [0.1, 0.15) is 0 Å². The van der Waals surface area contributed by atoms with Gasteiger partial charge in [0.25, 0.3) is 11.6 Å². The molecule has 1 N–H and O–H groups in total. The molecule has 24 heavy (non-hydrogen) atoms. The minimum atomic E-state index is 0. The molecule has 4 heterocycles. The molecule has 2 aromatic heterocycles. The average molecular weight is 351 g/mol. The van der Waals surface area contributed by atoms with Gasteiger partial charge in [-0.1, -0.05) is 12.1 Å². The minimum Gasteiger partial charge on any atom is -0.339 e. The molecule has 2 fully saturated rings. The van der Waals surface area contributed by atoms with Crippen LogP contribution in [0.3, 0.4) is 0 Å². The van der Waals surface area contributed by atoms with Gasteiger partial charge in [-0.3, -0.25) is 4.79 Å². The molecule has 0 saturated carbocycles. The van der Waals surface area contributed by atoms with Crippen LogP contribution in [0.15, 0.2) is 16.8 Å². The van der Waals surface area contributed by atoms with Crippen molar-refractivity contribution in [1.82, 2.24) is 20.4 Å². The van der Waals surface area contributed by atoms with Crippen molar-refractivity contribution in [3.05, 3.63) is 23.5 Å². The van der Waals surface area contributed by atoms with E-state index < -0.39 is 0 Å². The molecule has 2 aliphatic rings. The maximum absolute atomic E-state index is 12.8. The number of nitrogens with one attached hydrogen (secondary N) is 1. The SMILES string of the molecule is CCc1noc2ncc(C(=O)N3CCC4(CCNC4)CC3)cc12.Cl. The Bertz CT molecular complexity index is 729. The van der Waals surface area contributed by atoms with Crippen LogP contribution >= 0.6 is 12.4 Å². The Morgan fingerprint density at radius 1 is 1.38 bits per heavy atom. The van der Waals surface area contributed by atoms with E-state index in [9.17, 15) is 4.79 Å². The van der Waals surface area contributed by atoms with Gasteiger partial charge in [0, 0.05) is 25.8 Å². The van der Waals surface area contributed by atoms with Crippen molar-refractivity contribution in [2.24, 2.45) is 5.41 Å². The third-order valence-electron chi connectivity index (χ3n) is 5.43. The van der Waals surface area contributed by atoms with E-state index in [0.717, 1.165) is 56.5 Å². The Kier molecular flexibility index (Phi) is 4.78. The first-order chi connectivity index (χ1) is 11.2. The monoisotopic (exact) mass is 350 g/mol. The quantitative estimate of drug-likeness (QED) is 0.900. The van der Waals surface area contributed by atoms with E-state index in [1.54, 1.807) is 6.20 Å². The zero-order valence-electron chi connectivity index (χ0n) is 13.9. The summed E-state index contributed by atoms with van der Waals surface area (Å²) in [6, 6.07) is 1.88. The third-order valence-corrected chi connectivity index (χ3v) is 5.43. The Hall–Kier alpha value is -1.66. The first kappa shape index (κ1) is 17.2. The number of likely N-dealkylation sites (tertiary alicyclic amines) is 1. The van der Waals surface area contributed by atoms with Gasteiger partial charge in [-0.15, -0.1) is 12.4 Å². The molecule has 0 unspecified atom stereocenters. The normalized spacial score (nSPS) is 19.6. The molecule has 0 aromatic carbocycles. The number of halogens is 1. The minimum absolute atomic E-state index is 0. The molecule has 0 atom stereocenters. The average Bonchev–Trinajstić information content (AvgIpc) is 3.21. The second-order valence-corrected chi connectivity index (χ2v) is 6.78. The predicted molar refractivity (Wildman–Crippen MR) is 93.5 cm³/mol. The van der Waals surface area contributed by atoms with Crippen LogP contribution in [0, 0.1) is 5.41 Å². The summed E-state index contributed by atoms with van der Waals surface area (Å²) < 4.78 is 5.19. The lowest BCUT2D eigenvalue weighted by molar-refractivity contribution is 0.0607. The van der Waals surface area contributed by atoms with Crippen molar-refractivity contribution in [1.29, 1.82) is 0 Å². The van der Waals surface area contributed by atoms with Crippen LogP contribution in [-0.4, -0.2) is 47.1 Å². The van der Waals surface area contributed by atoms with E-state index in [4.69, 9.17) is 4.52 Å². The number of rotatable bonds is 2. The van der Waals surface area contributed by atoms with Gasteiger partial charge in [0.2, 0.25) is 0 Å². The van der Waals surface area contributed by atoms with Gasteiger partial charge < -0.3 is 14.7 Å². The van der Waals surface area contributed by atoms with E-state index in [-0.39, 0.29) is 18.3 Å². The smallest absolute Gasteiger partial charge is 0.257 e. The number of nitrogens with zero attached hydrogens (tertiary/aromatic N) is 3. The lowest BCUT2D eigenvalue weighted by Gasteiger charge is -2.38. The molecule has 0 radical (unpaired) electrons. The standard InChI is InChI=1S/C17H22N4O2.ClH/c1-2-14-13-9-12(10-19-15(13)23-20-14)16(22)21-7-4-17(5-8-21)3-6-18-11-17;/h9-10,18H,2-8,11H2,1H3;1H. The van der Waals surface area contributed by atoms with Crippen molar-refractivity contribution in [3.63, 3.8) is 0 Å². The molecule has 2 aliphatic heterocycles. The number of aromatic nitrogens is 2. The summed E-state index contributed by atoms with van der Waals surface area (Å²) in [7, 11) is 0. The molecule has 2 saturated heterocycles. The van der Waals surface area contributed by atoms with E-state index >= 15 is 0 Å². The molecule has 4 rings (SSSR count). The second-order valence-electron chi connectivity index (χ2n) is 6.78. The second kappa shape index (κ2) is 6.69. The molecular weight excluding hydrogens is 328 g/mol. The van der Waals surface area contributed by atoms with Crippen LogP contribution in [0.25, 0.3) is 11.1 Å². The third kappa shape index (κ3) is 2.89. The Morgan fingerprint density at radius 2 is 2.17 bits per heavy atom. The first-order valence-electron chi connectivity index (χ1n) is 8.45. The summed E-state index contributed by atoms with van der Waals surface area (Å²) in [5.74, 6) is 0.0726. The highest BCUT2D eigenvalue weighted by Gasteiger charge is 2.38. The Labute approximate surface area is 147 Å². The summed E-state index contributed by atoms with van der Waals surface area (Å²) in [6.07, 6.45) is 5.80. The van der Waals surface area contributed by atoms with E-state index in [2.05, 4.69) is 15.5 Å². The van der Waals surface area contributed by atoms with Crippen LogP contribution in [0.5, 0.6) is 0 Å². The number of aryl methyl sites for hydroxylation is 1. The maximum Gasteiger partial charge on any atom is 0.257 e. The Morgan fingerprint density at radius 3 is 2.83 bits per heavy atom. The van der Waals surface area contributed by atoms with Crippen LogP contribution in [-0.2, 0) is 6.42 Å². The maximum atomic E-state index is 12.8. The van der Waals surface area contributed by atoms with Gasteiger partial charge in [-0.2, -0.15) is 0 Å². The number of pyridine rings is 1. The fourth-order valence-corrected chi connectivity index (χ4v) is 3.84. The lowest BCUT2D eigenvalue weighted by Crippen LogP contribution is -2.44. The number of hydrogen-bond acceptors (Lipinski definition) is 5. The van der Waals surface area contributed by atoms with Gasteiger partial charge in [0.05, 0.1) is 16.6 Å². The molecule has 1 spiro atoms. The van der Waals surface area contributed by atoms with Crippen molar-refractivity contribution < 1.29 is 9.32 Å². The van der Waals surface area contributed by atoms with E-state index in [1.807, 2.05) is 17.9 Å². The Balaban J connectivity index is 0.00000169. The molecule has 130 valence electrons. The summed E-state index contributed by atoms with van der Waals surface area (Å²) in [4.78, 5) is 19.0. The zero-order valence-corrected chi connectivity index (χ0v) is 14.7. The van der Waals surface area contributed by atoms with Crippen molar-refractivity contribution in [3.8, 4) is 0 Å². The summed E-state index contributed by atoms with van der Waals surface area (Å²) >= 11 is 0. The molecule has 1 amide bonds. The van der Waals surface area contributed by atoms with Gasteiger partial charge in [-0.05, 0) is 43.7 Å². The van der Waals surface area contributed by atoms with Crippen LogP contribution in [0.2, 0.25) is 0 Å². The number of carbonyl (C=O) groups excluding carboxylic acids is 1. The van der Waals surface area contributed by atoms with Crippen molar-refractivity contribution in [2.45, 2.75) is 32.6 Å². The summed E-state index contributed by atoms with van der Waals surface area (Å²) in [6.45, 7) is 5.90. The molecular formula is C17H23ClN4O2. The number of piperidine rings is 1. The molecule has 0 aliphatic carbocycles. The fraction of sp³-hybridized carbons (Fsp3) is 0.588. The van der Waals surface area contributed by atoms with Crippen LogP contribution in [0.4, 0.5) is 0 Å². The highest BCUT2D eigenvalue weighted by molar-refractivity contribution is 5.97. The van der Waals surface area contributed by atoms with Crippen LogP contribution in [0.1, 0.15) is 42.2 Å². The number of carbonyl (C=O) groups is 1. The lowest BCUT2D eigenvalue weighted by atomic mass is 9.78. The summed E-state index contributed by atoms with van der Waals surface area (Å²) in [5, 5.41) is 8.32. The number of fused-ring (bicyclic) bond motifs is 1. The van der Waals surface area contributed by atoms with Gasteiger partial charge >= 0.3 is 0 Å². The van der Waals surface area contributed by atoms with Crippen molar-refractivity contribution in [2.75, 3.05) is 26.2 Å². The summed E-state index contributed by atoms with van der Waals surface area (Å²) in [5.41, 5.74) is 2.42. The largest absolute Gasteiger partial charge is 0.339 e. The predicted octanol–water partition coefficient (Wildman–Crippen LogP) is 2.42. The molecule has 2 aromatic rings. The molecule has 7 heteroatoms. The van der Waals surface area contributed by atoms with Crippen LogP contribution < -0.4 is 5.32 Å². The highest BCUT2D eigenvalue weighted by Crippen LogP contribution is 2.37. The van der Waals surface area contributed by atoms with Gasteiger partial charge in [-0.25, -0.2) is 4.98 Å². The van der Waals surface area contributed by atoms with Gasteiger partial charge in [0.15, 0.2) is 0 Å². The fourth-order valence-electron chi connectivity index (χ4n) is 3.84. The van der Waals surface area contributed by atoms with Crippen molar-refractivity contribution >= 4 is 29.4 Å². The zero-order chi connectivity index (χ0) is 15.9. The van der Waals surface area contributed by atoms with E-state index in [1.165, 1.54) is 6.42 Å². The molecule has 6 nitrogen and oxygen atoms in total. The molecule has 0 bridgehead atoms. The first-order valence-corrected chi connectivity index (χ1v) is 8.45.